The van der Waals surface area contributed by atoms with E-state index in [1.54, 1.807) is 0 Å². The number of hydrogen-bond acceptors (Lipinski definition) is 4. The fraction of sp³-hybridized carbons (Fsp3) is 0.143. The maximum atomic E-state index is 10.9. The van der Waals surface area contributed by atoms with Gasteiger partial charge in [0.1, 0.15) is 0 Å². The molecule has 0 saturated heterocycles. The third-order valence-corrected chi connectivity index (χ3v) is 1.48. The second kappa shape index (κ2) is 3.08. The van der Waals surface area contributed by atoms with Gasteiger partial charge in [-0.2, -0.15) is 0 Å². The maximum absolute atomic E-state index is 10.9. The van der Waals surface area contributed by atoms with Gasteiger partial charge in [-0.1, -0.05) is 6.08 Å². The zero-order valence-corrected chi connectivity index (χ0v) is 5.97. The molecule has 0 aromatic heterocycles. The van der Waals surface area contributed by atoms with Crippen LogP contribution in [0.4, 0.5) is 0 Å². The van der Waals surface area contributed by atoms with Crippen LogP contribution in [-0.2, 0) is 9.59 Å². The first kappa shape index (κ1) is 8.32. The highest BCUT2D eigenvalue weighted by atomic mass is 16.6. The molecule has 0 fully saturated rings. The summed E-state index contributed by atoms with van der Waals surface area (Å²) in [4.78, 5) is 30.7. The Morgan fingerprint density at radius 3 is 2.67 bits per heavy atom. The molecule has 12 heavy (non-hydrogen) atoms. The van der Waals surface area contributed by atoms with Crippen LogP contribution in [0.5, 0.6) is 0 Å². The van der Waals surface area contributed by atoms with Crippen LogP contribution in [0.2, 0.25) is 0 Å². The largest absolute Gasteiger partial charge is 0.302 e. The van der Waals surface area contributed by atoms with E-state index in [-0.39, 0.29) is 5.57 Å². The second-order valence-electron chi connectivity index (χ2n) is 2.23. The van der Waals surface area contributed by atoms with Gasteiger partial charge in [-0.25, -0.2) is 0 Å². The van der Waals surface area contributed by atoms with Crippen molar-refractivity contribution in [2.24, 2.45) is 0 Å². The minimum atomic E-state index is -1.51. The minimum absolute atomic E-state index is 0.104. The van der Waals surface area contributed by atoms with Crippen molar-refractivity contribution < 1.29 is 14.5 Å². The Morgan fingerprint density at radius 2 is 2.25 bits per heavy atom. The smallest absolute Gasteiger partial charge is 0.298 e. The zero-order valence-electron chi connectivity index (χ0n) is 5.97. The lowest BCUT2D eigenvalue weighted by Crippen LogP contribution is -2.32. The van der Waals surface area contributed by atoms with Gasteiger partial charge in [-0.15, -0.1) is 0 Å². The molecular weight excluding hydrogens is 162 g/mol. The number of rotatable bonds is 2. The van der Waals surface area contributed by atoms with E-state index >= 15 is 0 Å². The molecule has 1 atom stereocenters. The molecule has 5 heteroatoms. The van der Waals surface area contributed by atoms with Gasteiger partial charge in [0.25, 0.3) is 0 Å². The Bertz CT molecular complexity index is 303. The number of carbonyl (C=O) groups is 2. The molecule has 5 nitrogen and oxygen atoms in total. The van der Waals surface area contributed by atoms with E-state index in [9.17, 15) is 19.7 Å². The molecule has 0 radical (unpaired) electrons. The molecule has 0 aromatic rings. The third kappa shape index (κ3) is 1.29. The van der Waals surface area contributed by atoms with Crippen LogP contribution in [0.3, 0.4) is 0 Å². The fourth-order valence-electron chi connectivity index (χ4n) is 0.930. The zero-order chi connectivity index (χ0) is 9.14. The van der Waals surface area contributed by atoms with Gasteiger partial charge < -0.3 is 0 Å². The van der Waals surface area contributed by atoms with Gasteiger partial charge in [0.2, 0.25) is 5.78 Å². The van der Waals surface area contributed by atoms with Crippen LogP contribution in [-0.4, -0.2) is 23.0 Å². The highest BCUT2D eigenvalue weighted by Crippen LogP contribution is 2.10. The average molecular weight is 167 g/mol. The van der Waals surface area contributed by atoms with Crippen molar-refractivity contribution in [3.63, 3.8) is 0 Å². The van der Waals surface area contributed by atoms with Crippen LogP contribution < -0.4 is 0 Å². The summed E-state index contributed by atoms with van der Waals surface area (Å²) in [6, 6.07) is -1.51. The summed E-state index contributed by atoms with van der Waals surface area (Å²) in [5, 5.41) is 10.3. The number of nitrogens with zero attached hydrogens (tertiary/aromatic N) is 1. The van der Waals surface area contributed by atoms with Crippen LogP contribution >= 0.6 is 0 Å². The molecule has 0 bridgehead atoms. The summed E-state index contributed by atoms with van der Waals surface area (Å²) in [5.74, 6) is -0.662. The summed E-state index contributed by atoms with van der Waals surface area (Å²) in [6.07, 6.45) is 4.00. The van der Waals surface area contributed by atoms with Crippen LogP contribution in [0.1, 0.15) is 0 Å². The van der Waals surface area contributed by atoms with E-state index in [0.717, 1.165) is 6.08 Å². The predicted molar refractivity (Wildman–Crippen MR) is 39.1 cm³/mol. The van der Waals surface area contributed by atoms with Crippen molar-refractivity contribution in [3.05, 3.63) is 33.9 Å². The molecule has 1 aliphatic carbocycles. The van der Waals surface area contributed by atoms with Gasteiger partial charge in [-0.05, 0) is 12.2 Å². The lowest BCUT2D eigenvalue weighted by Gasteiger charge is -2.07. The van der Waals surface area contributed by atoms with Crippen LogP contribution in [0.15, 0.2) is 23.8 Å². The van der Waals surface area contributed by atoms with E-state index in [1.165, 1.54) is 12.2 Å². The lowest BCUT2D eigenvalue weighted by atomic mass is 10.00. The summed E-state index contributed by atoms with van der Waals surface area (Å²) in [6.45, 7) is 0. The molecule has 0 amide bonds. The molecule has 0 aliphatic heterocycles. The van der Waals surface area contributed by atoms with E-state index in [4.69, 9.17) is 0 Å². The highest BCUT2D eigenvalue weighted by Gasteiger charge is 2.33. The average Bonchev–Trinajstić information content (AvgIpc) is 2.03. The van der Waals surface area contributed by atoms with E-state index in [1.807, 2.05) is 0 Å². The Labute approximate surface area is 67.5 Å². The van der Waals surface area contributed by atoms with Crippen molar-refractivity contribution in [3.8, 4) is 0 Å². The van der Waals surface area contributed by atoms with Gasteiger partial charge in [0.05, 0.1) is 5.57 Å². The van der Waals surface area contributed by atoms with Crippen molar-refractivity contribution >= 4 is 12.1 Å². The number of aldehydes is 1. The van der Waals surface area contributed by atoms with Crippen molar-refractivity contribution in [1.82, 2.24) is 0 Å². The first-order valence-corrected chi connectivity index (χ1v) is 3.17. The van der Waals surface area contributed by atoms with Gasteiger partial charge in [0.15, 0.2) is 6.29 Å². The molecule has 0 aromatic carbocycles. The SMILES string of the molecule is O=CC1=CC=CC(=O)C1[N+](=O)[O-]. The summed E-state index contributed by atoms with van der Waals surface area (Å²) in [5.41, 5.74) is -0.104. The van der Waals surface area contributed by atoms with Gasteiger partial charge in [0, 0.05) is 4.92 Å². The maximum Gasteiger partial charge on any atom is 0.302 e. The number of nitro groups is 1. The third-order valence-electron chi connectivity index (χ3n) is 1.48. The molecule has 1 rings (SSSR count). The molecule has 62 valence electrons. The topological polar surface area (TPSA) is 77.3 Å². The summed E-state index contributed by atoms with van der Waals surface area (Å²) >= 11 is 0. The van der Waals surface area contributed by atoms with Crippen molar-refractivity contribution in [1.29, 1.82) is 0 Å². The summed E-state index contributed by atoms with van der Waals surface area (Å²) < 4.78 is 0. The molecule has 0 heterocycles. The van der Waals surface area contributed by atoms with Gasteiger partial charge in [-0.3, -0.25) is 19.7 Å². The molecule has 0 spiro atoms. The summed E-state index contributed by atoms with van der Waals surface area (Å²) in [7, 11) is 0. The Balaban J connectivity index is 3.04. The number of allylic oxidation sites excluding steroid dienone is 2. The molecular formula is C7H5NO4. The normalized spacial score (nSPS) is 21.8. The van der Waals surface area contributed by atoms with Crippen molar-refractivity contribution in [2.75, 3.05) is 0 Å². The number of hydrogen-bond donors (Lipinski definition) is 0. The number of carbonyl (C=O) groups excluding carboxylic acids is 2. The minimum Gasteiger partial charge on any atom is -0.298 e. The van der Waals surface area contributed by atoms with Gasteiger partial charge >= 0.3 is 6.04 Å². The van der Waals surface area contributed by atoms with E-state index in [0.29, 0.717) is 6.29 Å². The van der Waals surface area contributed by atoms with Crippen LogP contribution in [0, 0.1) is 10.1 Å². The molecule has 1 aliphatic rings. The molecule has 1 unspecified atom stereocenters. The standard InChI is InChI=1S/C7H5NO4/c9-4-5-2-1-3-6(10)7(5)8(11)12/h1-4,7H. The highest BCUT2D eigenvalue weighted by molar-refractivity contribution is 6.02. The predicted octanol–water partition coefficient (Wildman–Crippen LogP) is -0.104. The molecule has 0 N–H and O–H groups in total. The fourth-order valence-corrected chi connectivity index (χ4v) is 0.930. The lowest BCUT2D eigenvalue weighted by molar-refractivity contribution is -0.496. The Morgan fingerprint density at radius 1 is 1.58 bits per heavy atom. The first-order valence-electron chi connectivity index (χ1n) is 3.17. The van der Waals surface area contributed by atoms with E-state index < -0.39 is 16.7 Å². The molecule has 0 saturated carbocycles. The van der Waals surface area contributed by atoms with Crippen molar-refractivity contribution in [2.45, 2.75) is 6.04 Å². The number of ketones is 1. The van der Waals surface area contributed by atoms with Crippen LogP contribution in [0.25, 0.3) is 0 Å². The quantitative estimate of drug-likeness (QED) is 0.326. The monoisotopic (exact) mass is 167 g/mol. The Kier molecular flexibility index (Phi) is 2.14. The Hall–Kier alpha value is -1.78. The second-order valence-corrected chi connectivity index (χ2v) is 2.23. The first-order chi connectivity index (χ1) is 5.66. The van der Waals surface area contributed by atoms with E-state index in [2.05, 4.69) is 0 Å².